The van der Waals surface area contributed by atoms with Gasteiger partial charge < -0.3 is 15.4 Å². The molecule has 0 aliphatic carbocycles. The van der Waals surface area contributed by atoms with E-state index in [9.17, 15) is 18.0 Å². The lowest BCUT2D eigenvalue weighted by Gasteiger charge is -2.30. The number of halogens is 4. The molecule has 0 radical (unpaired) electrons. The molecular weight excluding hydrogens is 499 g/mol. The smallest absolute Gasteiger partial charge is 0.389 e. The van der Waals surface area contributed by atoms with E-state index in [2.05, 4.69) is 15.5 Å². The molecule has 2 N–H and O–H groups in total. The number of hydrogen-bond donors (Lipinski definition) is 2. The Morgan fingerprint density at radius 1 is 1.23 bits per heavy atom. The van der Waals surface area contributed by atoms with Crippen LogP contribution in [0.1, 0.15) is 31.2 Å². The minimum atomic E-state index is -4.24. The van der Waals surface area contributed by atoms with Crippen molar-refractivity contribution in [1.29, 1.82) is 0 Å². The van der Waals surface area contributed by atoms with Crippen molar-refractivity contribution in [3.8, 4) is 5.75 Å². The maximum atomic E-state index is 13.5. The van der Waals surface area contributed by atoms with E-state index in [1.54, 1.807) is 55.5 Å². The highest BCUT2D eigenvalue weighted by Gasteiger charge is 2.36. The summed E-state index contributed by atoms with van der Waals surface area (Å²) in [6, 6.07) is 13.8. The van der Waals surface area contributed by atoms with Crippen LogP contribution in [0.3, 0.4) is 0 Å². The number of ether oxygens (including phenoxy) is 1. The van der Waals surface area contributed by atoms with Crippen molar-refractivity contribution in [1.82, 2.24) is 5.32 Å². The van der Waals surface area contributed by atoms with Gasteiger partial charge in [-0.1, -0.05) is 41.9 Å². The van der Waals surface area contributed by atoms with E-state index in [0.717, 1.165) is 11.8 Å². The first-order valence-electron chi connectivity index (χ1n) is 10.6. The van der Waals surface area contributed by atoms with Gasteiger partial charge in [0.1, 0.15) is 5.75 Å². The normalized spacial score (nSPS) is 16.0. The highest BCUT2D eigenvalue weighted by atomic mass is 35.5. The molecule has 5 nitrogen and oxygen atoms in total. The van der Waals surface area contributed by atoms with Gasteiger partial charge in [-0.25, -0.2) is 4.85 Å². The summed E-state index contributed by atoms with van der Waals surface area (Å²) >= 11 is 7.61. The number of thioether (sulfide) groups is 1. The average Bonchev–Trinajstić information content (AvgIpc) is 2.81. The van der Waals surface area contributed by atoms with Crippen molar-refractivity contribution in [2.24, 2.45) is 0 Å². The number of rotatable bonds is 8. The van der Waals surface area contributed by atoms with E-state index < -0.39 is 24.4 Å². The fraction of sp³-hybridized carbons (Fsp3) is 0.280. The number of nitrogens with one attached hydrogen (secondary N) is 2. The Bertz CT molecular complexity index is 1200. The molecule has 1 aliphatic rings. The molecule has 1 aliphatic heterocycles. The lowest BCUT2D eigenvalue weighted by molar-refractivity contribution is -0.134. The first-order valence-corrected chi connectivity index (χ1v) is 12.0. The summed E-state index contributed by atoms with van der Waals surface area (Å²) in [5.41, 5.74) is 1.98. The van der Waals surface area contributed by atoms with Gasteiger partial charge in [-0.2, -0.15) is 13.2 Å². The van der Waals surface area contributed by atoms with Crippen LogP contribution in [0.5, 0.6) is 5.75 Å². The molecule has 2 aromatic rings. The molecule has 10 heteroatoms. The molecule has 3 rings (SSSR count). The number of dihydropyridines is 1. The van der Waals surface area contributed by atoms with Crippen LogP contribution >= 0.6 is 23.4 Å². The number of allylic oxidation sites excluding steroid dienone is 2. The number of nitrogens with zero attached hydrogens (tertiary/aromatic N) is 1. The molecule has 0 saturated carbocycles. The SMILES string of the molecule is [C-]#[N+]C1=C(SCCCC(F)(F)F)NC(C)=C(C(=O)Nc2ccccc2OC)C1c1ccccc1Cl. The van der Waals surface area contributed by atoms with E-state index >= 15 is 0 Å². The molecule has 0 fully saturated rings. The van der Waals surface area contributed by atoms with Gasteiger partial charge in [0, 0.05) is 22.7 Å². The van der Waals surface area contributed by atoms with Gasteiger partial charge >= 0.3 is 6.18 Å². The zero-order valence-electron chi connectivity index (χ0n) is 19.0. The number of alkyl halides is 3. The zero-order valence-corrected chi connectivity index (χ0v) is 20.6. The van der Waals surface area contributed by atoms with Crippen molar-refractivity contribution in [2.75, 3.05) is 18.2 Å². The second kappa shape index (κ2) is 11.6. The Balaban J connectivity index is 1.99. The Kier molecular flexibility index (Phi) is 8.76. The Hall–Kier alpha value is -3.09. The maximum absolute atomic E-state index is 13.5. The molecule has 2 aromatic carbocycles. The number of amides is 1. The highest BCUT2D eigenvalue weighted by molar-refractivity contribution is 8.03. The molecule has 1 atom stereocenters. The van der Waals surface area contributed by atoms with Gasteiger partial charge in [0.15, 0.2) is 0 Å². The minimum absolute atomic E-state index is 0.0920. The number of benzene rings is 2. The number of carbonyl (C=O) groups excluding carboxylic acids is 1. The molecular formula is C25H23ClF3N3O2S. The van der Waals surface area contributed by atoms with E-state index in [1.165, 1.54) is 7.11 Å². The summed E-state index contributed by atoms with van der Waals surface area (Å²) < 4.78 is 43.0. The van der Waals surface area contributed by atoms with Crippen molar-refractivity contribution >= 4 is 35.0 Å². The van der Waals surface area contributed by atoms with Crippen molar-refractivity contribution in [3.05, 3.63) is 92.5 Å². The molecule has 184 valence electrons. The van der Waals surface area contributed by atoms with Gasteiger partial charge in [0.25, 0.3) is 5.91 Å². The third-order valence-corrected chi connectivity index (χ3v) is 6.72. The van der Waals surface area contributed by atoms with Crippen LogP contribution in [0, 0.1) is 6.57 Å². The molecule has 1 unspecified atom stereocenters. The molecule has 0 bridgehead atoms. The van der Waals surface area contributed by atoms with E-state index in [-0.39, 0.29) is 23.4 Å². The standard InChI is InChI=1S/C25H23ClF3N3O2S/c1-15-20(23(33)32-18-11-6-7-12-19(18)34-3)21(16-9-4-5-10-17(16)26)22(30-2)24(31-15)35-14-8-13-25(27,28)29/h4-7,9-12,21,31H,8,13-14H2,1,3H3,(H,32,33). The number of hydrogen-bond acceptors (Lipinski definition) is 4. The van der Waals surface area contributed by atoms with Crippen molar-refractivity contribution in [2.45, 2.75) is 31.9 Å². The van der Waals surface area contributed by atoms with E-state index in [1.807, 2.05) is 0 Å². The van der Waals surface area contributed by atoms with Crippen LogP contribution in [-0.2, 0) is 4.79 Å². The van der Waals surface area contributed by atoms with E-state index in [4.69, 9.17) is 22.9 Å². The monoisotopic (exact) mass is 521 g/mol. The second-order valence-electron chi connectivity index (χ2n) is 7.67. The third kappa shape index (κ3) is 6.53. The van der Waals surface area contributed by atoms with Crippen LogP contribution in [0.4, 0.5) is 18.9 Å². The van der Waals surface area contributed by atoms with Crippen LogP contribution < -0.4 is 15.4 Å². The van der Waals surface area contributed by atoms with Crippen LogP contribution in [0.25, 0.3) is 4.85 Å². The average molecular weight is 522 g/mol. The number of carbonyl (C=O) groups is 1. The Morgan fingerprint density at radius 2 is 1.91 bits per heavy atom. The quantitative estimate of drug-likeness (QED) is 0.287. The van der Waals surface area contributed by atoms with Gasteiger partial charge in [0.2, 0.25) is 5.70 Å². The summed E-state index contributed by atoms with van der Waals surface area (Å²) in [5, 5.41) is 6.71. The predicted molar refractivity (Wildman–Crippen MR) is 133 cm³/mol. The fourth-order valence-electron chi connectivity index (χ4n) is 3.71. The lowest BCUT2D eigenvalue weighted by Crippen LogP contribution is -2.30. The number of methoxy groups -OCH3 is 1. The first-order chi connectivity index (χ1) is 16.7. The minimum Gasteiger partial charge on any atom is -0.495 e. The van der Waals surface area contributed by atoms with Crippen LogP contribution in [0.15, 0.2) is 70.5 Å². The molecule has 0 aromatic heterocycles. The maximum Gasteiger partial charge on any atom is 0.389 e. The van der Waals surface area contributed by atoms with Crippen molar-refractivity contribution in [3.63, 3.8) is 0 Å². The summed E-state index contributed by atoms with van der Waals surface area (Å²) in [4.78, 5) is 17.2. The predicted octanol–water partition coefficient (Wildman–Crippen LogP) is 7.11. The highest BCUT2D eigenvalue weighted by Crippen LogP contribution is 2.44. The topological polar surface area (TPSA) is 54.7 Å². The number of anilines is 1. The van der Waals surface area contributed by atoms with Gasteiger partial charge in [-0.05, 0) is 42.9 Å². The van der Waals surface area contributed by atoms with Gasteiger partial charge in [0.05, 0.1) is 30.3 Å². The Labute approximate surface area is 211 Å². The summed E-state index contributed by atoms with van der Waals surface area (Å²) in [7, 11) is 1.49. The summed E-state index contributed by atoms with van der Waals surface area (Å²) in [6.07, 6.45) is -5.24. The summed E-state index contributed by atoms with van der Waals surface area (Å²) in [6.45, 7) is 9.55. The van der Waals surface area contributed by atoms with Crippen LogP contribution in [-0.4, -0.2) is 24.9 Å². The summed E-state index contributed by atoms with van der Waals surface area (Å²) in [5.74, 6) is -0.625. The molecule has 1 heterocycles. The van der Waals surface area contributed by atoms with E-state index in [0.29, 0.717) is 32.7 Å². The number of para-hydroxylation sites is 2. The lowest BCUT2D eigenvalue weighted by atomic mass is 9.85. The zero-order chi connectivity index (χ0) is 25.6. The molecule has 0 spiro atoms. The van der Waals surface area contributed by atoms with Gasteiger partial charge in [-0.15, -0.1) is 11.8 Å². The third-order valence-electron chi connectivity index (χ3n) is 5.29. The van der Waals surface area contributed by atoms with Gasteiger partial charge in [-0.3, -0.25) is 4.79 Å². The molecule has 35 heavy (non-hydrogen) atoms. The second-order valence-corrected chi connectivity index (χ2v) is 9.18. The van der Waals surface area contributed by atoms with Crippen LogP contribution in [0.2, 0.25) is 5.02 Å². The Morgan fingerprint density at radius 3 is 2.57 bits per heavy atom. The largest absolute Gasteiger partial charge is 0.495 e. The fourth-order valence-corrected chi connectivity index (χ4v) is 4.98. The first kappa shape index (κ1) is 26.5. The van der Waals surface area contributed by atoms with Crippen molar-refractivity contribution < 1.29 is 22.7 Å². The molecule has 1 amide bonds. The molecule has 0 saturated heterocycles.